The number of fused-ring (bicyclic) bond motifs is 1. The lowest BCUT2D eigenvalue weighted by Crippen LogP contribution is -2.08. The summed E-state index contributed by atoms with van der Waals surface area (Å²) in [6.07, 6.45) is 0. The minimum Gasteiger partial charge on any atom is -0.446 e. The van der Waals surface area contributed by atoms with E-state index in [9.17, 15) is 9.59 Å². The number of hydrogen-bond acceptors (Lipinski definition) is 4. The van der Waals surface area contributed by atoms with Crippen LogP contribution >= 0.6 is 15.9 Å². The van der Waals surface area contributed by atoms with Crippen molar-refractivity contribution < 1.29 is 13.6 Å². The molecule has 0 aliphatic rings. The van der Waals surface area contributed by atoms with Crippen LogP contribution in [0.2, 0.25) is 0 Å². The van der Waals surface area contributed by atoms with Crippen LogP contribution in [-0.4, -0.2) is 10.4 Å². The van der Waals surface area contributed by atoms with E-state index in [1.165, 1.54) is 10.6 Å². The van der Waals surface area contributed by atoms with Gasteiger partial charge in [-0.2, -0.15) is 0 Å². The number of nitrogens with zero attached hydrogens (tertiary/aromatic N) is 1. The van der Waals surface area contributed by atoms with Gasteiger partial charge in [0.15, 0.2) is 16.0 Å². The van der Waals surface area contributed by atoms with E-state index in [4.69, 9.17) is 8.83 Å². The number of hydrogen-bond donors (Lipinski definition) is 0. The second kappa shape index (κ2) is 4.24. The van der Waals surface area contributed by atoms with Gasteiger partial charge in [0.05, 0.1) is 5.52 Å². The zero-order valence-electron chi connectivity index (χ0n) is 9.84. The molecular formula is C13H8BrNO4. The van der Waals surface area contributed by atoms with Crippen molar-refractivity contribution >= 4 is 32.8 Å². The highest BCUT2D eigenvalue weighted by molar-refractivity contribution is 9.10. The first-order valence-electron chi connectivity index (χ1n) is 5.46. The van der Waals surface area contributed by atoms with Crippen molar-refractivity contribution in [3.05, 3.63) is 56.9 Å². The average Bonchev–Trinajstić information content (AvgIpc) is 2.94. The first-order valence-corrected chi connectivity index (χ1v) is 6.25. The maximum absolute atomic E-state index is 12.2. The molecule has 0 aliphatic heterocycles. The molecule has 5 nitrogen and oxygen atoms in total. The Kier molecular flexibility index (Phi) is 2.67. The van der Waals surface area contributed by atoms with Crippen LogP contribution in [0.5, 0.6) is 0 Å². The normalized spacial score (nSPS) is 11.1. The summed E-state index contributed by atoms with van der Waals surface area (Å²) in [4.78, 5) is 23.5. The van der Waals surface area contributed by atoms with Gasteiger partial charge in [0, 0.05) is 12.6 Å². The SMILES string of the molecule is Cn1c(=O)oc2cc(C(=O)c3ccc(Br)o3)ccc21. The molecule has 6 heteroatoms. The maximum Gasteiger partial charge on any atom is 0.419 e. The van der Waals surface area contributed by atoms with E-state index in [0.29, 0.717) is 21.3 Å². The second-order valence-corrected chi connectivity index (χ2v) is 4.82. The molecule has 0 amide bonds. The minimum absolute atomic E-state index is 0.226. The smallest absolute Gasteiger partial charge is 0.419 e. The van der Waals surface area contributed by atoms with Gasteiger partial charge in [-0.05, 0) is 46.3 Å². The fraction of sp³-hybridized carbons (Fsp3) is 0.0769. The summed E-state index contributed by atoms with van der Waals surface area (Å²) in [6, 6.07) is 8.07. The van der Waals surface area contributed by atoms with E-state index >= 15 is 0 Å². The Morgan fingerprint density at radius 3 is 2.68 bits per heavy atom. The van der Waals surface area contributed by atoms with E-state index in [1.54, 1.807) is 31.3 Å². The fourth-order valence-corrected chi connectivity index (χ4v) is 2.16. The Hall–Kier alpha value is -2.08. The summed E-state index contributed by atoms with van der Waals surface area (Å²) in [5.41, 5.74) is 1.43. The first-order chi connectivity index (χ1) is 9.06. The van der Waals surface area contributed by atoms with E-state index < -0.39 is 5.76 Å². The molecule has 3 aromatic rings. The van der Waals surface area contributed by atoms with E-state index in [-0.39, 0.29) is 11.5 Å². The van der Waals surface area contributed by atoms with Crippen LogP contribution in [0.15, 0.2) is 48.6 Å². The highest BCUT2D eigenvalue weighted by atomic mass is 79.9. The molecule has 2 heterocycles. The summed E-state index contributed by atoms with van der Waals surface area (Å²) in [6.45, 7) is 0. The summed E-state index contributed by atoms with van der Waals surface area (Å²) in [5, 5.41) is 0. The summed E-state index contributed by atoms with van der Waals surface area (Å²) < 4.78 is 12.1. The fourth-order valence-electron chi connectivity index (χ4n) is 1.85. The topological polar surface area (TPSA) is 65.3 Å². The van der Waals surface area contributed by atoms with Crippen LogP contribution in [0.1, 0.15) is 16.1 Å². The Labute approximate surface area is 115 Å². The van der Waals surface area contributed by atoms with Crippen molar-refractivity contribution in [2.75, 3.05) is 0 Å². The number of rotatable bonds is 2. The number of halogens is 1. The largest absolute Gasteiger partial charge is 0.446 e. The van der Waals surface area contributed by atoms with E-state index in [0.717, 1.165) is 0 Å². The van der Waals surface area contributed by atoms with Gasteiger partial charge in [0.2, 0.25) is 5.78 Å². The Morgan fingerprint density at radius 2 is 2.00 bits per heavy atom. The molecule has 0 fully saturated rings. The maximum atomic E-state index is 12.2. The Balaban J connectivity index is 2.11. The predicted octanol–water partition coefficient (Wildman–Crippen LogP) is 2.72. The minimum atomic E-state index is -0.458. The molecular weight excluding hydrogens is 314 g/mol. The van der Waals surface area contributed by atoms with Crippen molar-refractivity contribution in [2.24, 2.45) is 7.05 Å². The van der Waals surface area contributed by atoms with Crippen LogP contribution < -0.4 is 5.76 Å². The predicted molar refractivity (Wildman–Crippen MR) is 71.3 cm³/mol. The number of benzene rings is 1. The third-order valence-electron chi connectivity index (χ3n) is 2.85. The summed E-state index contributed by atoms with van der Waals surface area (Å²) in [7, 11) is 1.61. The first kappa shape index (κ1) is 12.0. The summed E-state index contributed by atoms with van der Waals surface area (Å²) in [5.74, 6) is -0.496. The van der Waals surface area contributed by atoms with Crippen molar-refractivity contribution in [3.8, 4) is 0 Å². The Morgan fingerprint density at radius 1 is 1.21 bits per heavy atom. The molecule has 0 unspecified atom stereocenters. The highest BCUT2D eigenvalue weighted by Gasteiger charge is 2.15. The van der Waals surface area contributed by atoms with Gasteiger partial charge in [-0.1, -0.05) is 0 Å². The number of oxazole rings is 1. The zero-order chi connectivity index (χ0) is 13.6. The van der Waals surface area contributed by atoms with E-state index in [2.05, 4.69) is 15.9 Å². The van der Waals surface area contributed by atoms with Crippen LogP contribution in [0, 0.1) is 0 Å². The van der Waals surface area contributed by atoms with Gasteiger partial charge in [-0.25, -0.2) is 4.79 Å². The molecule has 0 spiro atoms. The van der Waals surface area contributed by atoms with Crippen LogP contribution in [0.3, 0.4) is 0 Å². The standard InChI is InChI=1S/C13H8BrNO4/c1-15-8-3-2-7(6-10(8)19-13(15)17)12(16)9-4-5-11(14)18-9/h2-6H,1H3. The lowest BCUT2D eigenvalue weighted by atomic mass is 10.1. The van der Waals surface area contributed by atoms with E-state index in [1.807, 2.05) is 0 Å². The average molecular weight is 322 g/mol. The molecule has 96 valence electrons. The van der Waals surface area contributed by atoms with Crippen molar-refractivity contribution in [1.82, 2.24) is 4.57 Å². The third kappa shape index (κ3) is 1.94. The van der Waals surface area contributed by atoms with Gasteiger partial charge in [0.1, 0.15) is 0 Å². The number of aryl methyl sites for hydroxylation is 1. The second-order valence-electron chi connectivity index (χ2n) is 4.04. The van der Waals surface area contributed by atoms with Gasteiger partial charge in [0.25, 0.3) is 0 Å². The molecule has 0 aliphatic carbocycles. The van der Waals surface area contributed by atoms with Crippen LogP contribution in [0.4, 0.5) is 0 Å². The summed E-state index contributed by atoms with van der Waals surface area (Å²) >= 11 is 3.14. The number of carbonyl (C=O) groups is 1. The Bertz CT molecular complexity index is 840. The molecule has 0 radical (unpaired) electrons. The van der Waals surface area contributed by atoms with Gasteiger partial charge in [-0.3, -0.25) is 9.36 Å². The molecule has 3 rings (SSSR count). The van der Waals surface area contributed by atoms with Crippen molar-refractivity contribution in [1.29, 1.82) is 0 Å². The molecule has 0 saturated carbocycles. The molecule has 0 saturated heterocycles. The molecule has 1 aromatic carbocycles. The highest BCUT2D eigenvalue weighted by Crippen LogP contribution is 2.20. The number of carbonyl (C=O) groups excluding carboxylic acids is 1. The number of ketones is 1. The lowest BCUT2D eigenvalue weighted by Gasteiger charge is -1.98. The van der Waals surface area contributed by atoms with Gasteiger partial charge < -0.3 is 8.83 Å². The molecule has 0 bridgehead atoms. The molecule has 19 heavy (non-hydrogen) atoms. The van der Waals surface area contributed by atoms with Crippen LogP contribution in [0.25, 0.3) is 11.1 Å². The lowest BCUT2D eigenvalue weighted by molar-refractivity contribution is 0.101. The zero-order valence-corrected chi connectivity index (χ0v) is 11.4. The van der Waals surface area contributed by atoms with Crippen LogP contribution in [-0.2, 0) is 7.05 Å². The number of furan rings is 1. The van der Waals surface area contributed by atoms with Gasteiger partial charge >= 0.3 is 5.76 Å². The molecule has 0 atom stereocenters. The quantitative estimate of drug-likeness (QED) is 0.681. The van der Waals surface area contributed by atoms with Crippen molar-refractivity contribution in [3.63, 3.8) is 0 Å². The molecule has 0 N–H and O–H groups in total. The monoisotopic (exact) mass is 321 g/mol. The van der Waals surface area contributed by atoms with Crippen molar-refractivity contribution in [2.45, 2.75) is 0 Å². The number of aromatic nitrogens is 1. The third-order valence-corrected chi connectivity index (χ3v) is 3.28. The molecule has 2 aromatic heterocycles. The van der Waals surface area contributed by atoms with Gasteiger partial charge in [-0.15, -0.1) is 0 Å².